The number of nitrogens with zero attached hydrogens (tertiary/aromatic N) is 1. The van der Waals surface area contributed by atoms with Crippen LogP contribution in [-0.4, -0.2) is 49.6 Å². The van der Waals surface area contributed by atoms with Gasteiger partial charge in [0, 0.05) is 24.6 Å². The summed E-state index contributed by atoms with van der Waals surface area (Å²) in [5, 5.41) is 0. The summed E-state index contributed by atoms with van der Waals surface area (Å²) >= 11 is 0. The molecule has 2 aliphatic heterocycles. The van der Waals surface area contributed by atoms with Crippen LogP contribution in [0.25, 0.3) is 0 Å². The van der Waals surface area contributed by atoms with E-state index in [9.17, 15) is 4.79 Å². The largest absolute Gasteiger partial charge is 0.496 e. The fourth-order valence-corrected chi connectivity index (χ4v) is 3.16. The van der Waals surface area contributed by atoms with E-state index in [1.807, 2.05) is 24.3 Å². The van der Waals surface area contributed by atoms with Crippen LogP contribution in [0.2, 0.25) is 0 Å². The smallest absolute Gasteiger partial charge is 0.167 e. The molecule has 0 aromatic heterocycles. The summed E-state index contributed by atoms with van der Waals surface area (Å²) in [6.45, 7) is 2.55. The van der Waals surface area contributed by atoms with Crippen molar-refractivity contribution in [2.45, 2.75) is 31.4 Å². The van der Waals surface area contributed by atoms with Gasteiger partial charge in [-0.1, -0.05) is 18.2 Å². The van der Waals surface area contributed by atoms with Gasteiger partial charge < -0.3 is 9.47 Å². The number of ketones is 1. The highest BCUT2D eigenvalue weighted by Crippen LogP contribution is 2.24. The Bertz CT molecular complexity index is 488. The lowest BCUT2D eigenvalue weighted by molar-refractivity contribution is -0.137. The quantitative estimate of drug-likeness (QED) is 0.838. The zero-order valence-corrected chi connectivity index (χ0v) is 11.9. The van der Waals surface area contributed by atoms with Crippen molar-refractivity contribution in [3.63, 3.8) is 0 Å². The van der Waals surface area contributed by atoms with E-state index in [-0.39, 0.29) is 11.9 Å². The minimum Gasteiger partial charge on any atom is -0.496 e. The normalized spacial score (nSPS) is 26.2. The van der Waals surface area contributed by atoms with Gasteiger partial charge in [-0.05, 0) is 25.5 Å². The second-order valence-corrected chi connectivity index (χ2v) is 5.57. The van der Waals surface area contributed by atoms with E-state index in [1.54, 1.807) is 7.11 Å². The molecule has 0 radical (unpaired) electrons. The summed E-state index contributed by atoms with van der Waals surface area (Å²) < 4.78 is 11.1. The van der Waals surface area contributed by atoms with Gasteiger partial charge in [0.15, 0.2) is 5.78 Å². The second kappa shape index (κ2) is 5.94. The number of carbonyl (C=O) groups is 1. The maximum absolute atomic E-state index is 12.4. The van der Waals surface area contributed by atoms with E-state index in [4.69, 9.17) is 9.47 Å². The molecule has 0 amide bonds. The van der Waals surface area contributed by atoms with Crippen molar-refractivity contribution in [1.29, 1.82) is 0 Å². The van der Waals surface area contributed by atoms with Crippen LogP contribution in [0.5, 0.6) is 5.75 Å². The number of hydrogen-bond acceptors (Lipinski definition) is 4. The maximum Gasteiger partial charge on any atom is 0.167 e. The first kappa shape index (κ1) is 13.6. The van der Waals surface area contributed by atoms with Crippen LogP contribution in [0.15, 0.2) is 24.3 Å². The lowest BCUT2D eigenvalue weighted by Crippen LogP contribution is -2.49. The molecule has 108 valence electrons. The predicted octanol–water partition coefficient (Wildman–Crippen LogP) is 1.67. The van der Waals surface area contributed by atoms with Gasteiger partial charge in [-0.25, -0.2) is 0 Å². The van der Waals surface area contributed by atoms with E-state index in [0.29, 0.717) is 19.1 Å². The highest BCUT2D eigenvalue weighted by Gasteiger charge is 2.35. The van der Waals surface area contributed by atoms with Crippen LogP contribution in [0, 0.1) is 0 Å². The minimum atomic E-state index is -0.283. The Morgan fingerprint density at radius 3 is 3.15 bits per heavy atom. The van der Waals surface area contributed by atoms with Crippen molar-refractivity contribution in [3.8, 4) is 5.75 Å². The van der Waals surface area contributed by atoms with E-state index in [0.717, 1.165) is 24.4 Å². The number of Topliss-reactive ketones (excluding diaryl/α,β-unsaturated/α-hetero) is 1. The molecule has 2 heterocycles. The number of rotatable bonds is 4. The van der Waals surface area contributed by atoms with Crippen molar-refractivity contribution in [1.82, 2.24) is 4.90 Å². The third kappa shape index (κ3) is 2.72. The van der Waals surface area contributed by atoms with Gasteiger partial charge in [-0.3, -0.25) is 9.69 Å². The molecule has 0 bridgehead atoms. The molecular weight excluding hydrogens is 254 g/mol. The van der Waals surface area contributed by atoms with Gasteiger partial charge in [-0.15, -0.1) is 0 Å². The molecule has 2 saturated heterocycles. The van der Waals surface area contributed by atoms with Crippen LogP contribution < -0.4 is 4.74 Å². The molecule has 3 rings (SSSR count). The molecule has 0 saturated carbocycles. The molecule has 1 aromatic carbocycles. The van der Waals surface area contributed by atoms with Crippen LogP contribution in [0.4, 0.5) is 0 Å². The van der Waals surface area contributed by atoms with Gasteiger partial charge in [-0.2, -0.15) is 0 Å². The fraction of sp³-hybridized carbons (Fsp3) is 0.562. The van der Waals surface area contributed by atoms with Gasteiger partial charge >= 0.3 is 0 Å². The molecule has 2 atom stereocenters. The molecule has 4 heteroatoms. The van der Waals surface area contributed by atoms with Crippen LogP contribution in [0.1, 0.15) is 18.4 Å². The Hall–Kier alpha value is -1.39. The molecule has 1 aromatic rings. The first-order valence-corrected chi connectivity index (χ1v) is 7.28. The number of ether oxygens (including phenoxy) is 2. The molecule has 0 spiro atoms. The monoisotopic (exact) mass is 275 g/mol. The van der Waals surface area contributed by atoms with Crippen molar-refractivity contribution in [2.75, 3.05) is 26.8 Å². The highest BCUT2D eigenvalue weighted by atomic mass is 16.5. The lowest BCUT2D eigenvalue weighted by Gasteiger charge is -2.34. The Morgan fingerprint density at radius 2 is 2.30 bits per heavy atom. The lowest BCUT2D eigenvalue weighted by atomic mass is 10.0. The van der Waals surface area contributed by atoms with Gasteiger partial charge in [0.2, 0.25) is 0 Å². The third-order valence-corrected chi connectivity index (χ3v) is 4.31. The van der Waals surface area contributed by atoms with Gasteiger partial charge in [0.05, 0.1) is 13.7 Å². The number of carbonyl (C=O) groups excluding carboxylic acids is 1. The Labute approximate surface area is 119 Å². The first-order valence-electron chi connectivity index (χ1n) is 7.28. The molecule has 2 aliphatic rings. The average molecular weight is 275 g/mol. The van der Waals surface area contributed by atoms with Crippen LogP contribution in [0.3, 0.4) is 0 Å². The molecule has 0 N–H and O–H groups in total. The predicted molar refractivity (Wildman–Crippen MR) is 76.0 cm³/mol. The van der Waals surface area contributed by atoms with E-state index >= 15 is 0 Å². The molecule has 2 unspecified atom stereocenters. The fourth-order valence-electron chi connectivity index (χ4n) is 3.16. The number of para-hydroxylation sites is 1. The standard InChI is InChI=1S/C16H21NO3/c1-19-15-7-3-2-5-12(15)9-14(18)16-10-17-8-4-6-13(17)11-20-16/h2-3,5,7,13,16H,4,6,8-11H2,1H3. The van der Waals surface area contributed by atoms with Crippen LogP contribution in [-0.2, 0) is 16.0 Å². The molecule has 20 heavy (non-hydrogen) atoms. The summed E-state index contributed by atoms with van der Waals surface area (Å²) in [6.07, 6.45) is 2.52. The highest BCUT2D eigenvalue weighted by molar-refractivity contribution is 5.86. The number of hydrogen-bond donors (Lipinski definition) is 0. The second-order valence-electron chi connectivity index (χ2n) is 5.57. The number of fused-ring (bicyclic) bond motifs is 1. The van der Waals surface area contributed by atoms with Gasteiger partial charge in [0.1, 0.15) is 11.9 Å². The summed E-state index contributed by atoms with van der Waals surface area (Å²) in [6, 6.07) is 8.21. The topological polar surface area (TPSA) is 38.8 Å². The van der Waals surface area contributed by atoms with E-state index in [1.165, 1.54) is 12.8 Å². The SMILES string of the molecule is COc1ccccc1CC(=O)C1CN2CCCC2CO1. The Kier molecular flexibility index (Phi) is 4.03. The number of methoxy groups -OCH3 is 1. The third-order valence-electron chi connectivity index (χ3n) is 4.31. The summed E-state index contributed by atoms with van der Waals surface area (Å²) in [7, 11) is 1.63. The molecule has 2 fully saturated rings. The first-order chi connectivity index (χ1) is 9.78. The van der Waals surface area contributed by atoms with Crippen molar-refractivity contribution in [3.05, 3.63) is 29.8 Å². The van der Waals surface area contributed by atoms with Crippen molar-refractivity contribution >= 4 is 5.78 Å². The summed E-state index contributed by atoms with van der Waals surface area (Å²) in [5.74, 6) is 0.926. The number of morpholine rings is 1. The minimum absolute atomic E-state index is 0.153. The average Bonchev–Trinajstić information content (AvgIpc) is 2.95. The Morgan fingerprint density at radius 1 is 1.45 bits per heavy atom. The van der Waals surface area contributed by atoms with Crippen LogP contribution >= 0.6 is 0 Å². The molecular formula is C16H21NO3. The van der Waals surface area contributed by atoms with Gasteiger partial charge in [0.25, 0.3) is 0 Å². The molecule has 0 aliphatic carbocycles. The zero-order chi connectivity index (χ0) is 13.9. The summed E-state index contributed by atoms with van der Waals surface area (Å²) in [5.41, 5.74) is 0.937. The van der Waals surface area contributed by atoms with Crippen molar-refractivity contribution in [2.24, 2.45) is 0 Å². The van der Waals surface area contributed by atoms with E-state index in [2.05, 4.69) is 4.90 Å². The van der Waals surface area contributed by atoms with E-state index < -0.39 is 0 Å². The Balaban J connectivity index is 1.64. The molecule has 4 nitrogen and oxygen atoms in total. The number of benzene rings is 1. The maximum atomic E-state index is 12.4. The zero-order valence-electron chi connectivity index (χ0n) is 11.9. The van der Waals surface area contributed by atoms with Crippen molar-refractivity contribution < 1.29 is 14.3 Å². The summed E-state index contributed by atoms with van der Waals surface area (Å²) in [4.78, 5) is 14.8.